The van der Waals surface area contributed by atoms with Crippen molar-refractivity contribution in [1.82, 2.24) is 9.91 Å². The number of aliphatic imine (C=N–C) groups is 1. The first-order chi connectivity index (χ1) is 10.5. The van der Waals surface area contributed by atoms with E-state index in [-0.39, 0.29) is 23.4 Å². The van der Waals surface area contributed by atoms with Gasteiger partial charge in [0.15, 0.2) is 6.04 Å². The molecule has 1 unspecified atom stereocenters. The third-order valence-corrected chi connectivity index (χ3v) is 4.04. The van der Waals surface area contributed by atoms with Crippen molar-refractivity contribution in [1.29, 1.82) is 0 Å². The molecule has 22 heavy (non-hydrogen) atoms. The van der Waals surface area contributed by atoms with Gasteiger partial charge in [-0.3, -0.25) is 14.7 Å². The maximum Gasteiger partial charge on any atom is 0.259 e. The number of carbonyl (C=O) groups is 1. The Morgan fingerprint density at radius 1 is 1.32 bits per heavy atom. The Morgan fingerprint density at radius 3 is 2.64 bits per heavy atom. The second-order valence-electron chi connectivity index (χ2n) is 5.17. The number of fused-ring (bicyclic) bond motifs is 1. The van der Waals surface area contributed by atoms with Crippen LogP contribution in [0.3, 0.4) is 0 Å². The molecule has 0 aliphatic carbocycles. The lowest BCUT2D eigenvalue weighted by molar-refractivity contribution is -0.131. The van der Waals surface area contributed by atoms with Crippen LogP contribution in [0.2, 0.25) is 0 Å². The predicted octanol–water partition coefficient (Wildman–Crippen LogP) is 1.97. The third-order valence-electron chi connectivity index (χ3n) is 3.73. The molecule has 0 saturated heterocycles. The van der Waals surface area contributed by atoms with Crippen molar-refractivity contribution < 1.29 is 9.18 Å². The molecule has 5 nitrogen and oxygen atoms in total. The number of carbonyl (C=O) groups excluding carboxylic acids is 1. The number of hydrazone groups is 1. The molecule has 0 saturated carbocycles. The van der Waals surface area contributed by atoms with E-state index >= 15 is 0 Å². The van der Waals surface area contributed by atoms with Crippen LogP contribution in [-0.4, -0.2) is 44.9 Å². The quantitative estimate of drug-likeness (QED) is 0.801. The zero-order valence-corrected chi connectivity index (χ0v) is 13.1. The van der Waals surface area contributed by atoms with Crippen molar-refractivity contribution in [3.8, 4) is 0 Å². The highest BCUT2D eigenvalue weighted by Gasteiger charge is 2.43. The molecule has 2 aliphatic heterocycles. The van der Waals surface area contributed by atoms with E-state index in [4.69, 9.17) is 12.2 Å². The summed E-state index contributed by atoms with van der Waals surface area (Å²) in [4.78, 5) is 18.6. The number of thiocarbonyl (C=S) groups is 1. The van der Waals surface area contributed by atoms with Gasteiger partial charge in [0.1, 0.15) is 11.5 Å². The summed E-state index contributed by atoms with van der Waals surface area (Å²) in [6.45, 7) is 4.66. The van der Waals surface area contributed by atoms with E-state index in [0.29, 0.717) is 12.3 Å². The molecule has 2 aliphatic rings. The zero-order valence-electron chi connectivity index (χ0n) is 12.3. The van der Waals surface area contributed by atoms with Gasteiger partial charge in [-0.1, -0.05) is 12.1 Å². The number of likely N-dealkylation sites (N-methyl/N-ethyl adjacent to an activating group) is 1. The Kier molecular flexibility index (Phi) is 3.74. The highest BCUT2D eigenvalue weighted by Crippen LogP contribution is 2.22. The van der Waals surface area contributed by atoms with Gasteiger partial charge in [-0.25, -0.2) is 9.38 Å². The first-order valence-corrected chi connectivity index (χ1v) is 7.42. The number of rotatable bonds is 3. The SMILES string of the molecule is CCN1N=C(C)C2=NC(=S)N(Cc3ccc(F)cc3)C(=O)C21. The minimum atomic E-state index is -0.503. The number of benzene rings is 1. The Balaban J connectivity index is 1.88. The molecule has 0 aromatic heterocycles. The van der Waals surface area contributed by atoms with Crippen LogP contribution in [0.4, 0.5) is 4.39 Å². The molecule has 114 valence electrons. The average Bonchev–Trinajstić information content (AvgIpc) is 2.82. The number of hydrogen-bond donors (Lipinski definition) is 0. The fourth-order valence-corrected chi connectivity index (χ4v) is 2.86. The summed E-state index contributed by atoms with van der Waals surface area (Å²) in [6, 6.07) is 5.50. The summed E-state index contributed by atoms with van der Waals surface area (Å²) in [5, 5.41) is 6.30. The Bertz CT molecular complexity index is 698. The molecule has 2 heterocycles. The van der Waals surface area contributed by atoms with Gasteiger partial charge in [0.25, 0.3) is 5.91 Å². The van der Waals surface area contributed by atoms with Gasteiger partial charge in [0, 0.05) is 6.54 Å². The average molecular weight is 318 g/mol. The molecule has 1 aromatic carbocycles. The second-order valence-corrected chi connectivity index (χ2v) is 5.54. The number of halogens is 1. The highest BCUT2D eigenvalue weighted by atomic mass is 32.1. The first kappa shape index (κ1) is 14.8. The minimum Gasteiger partial charge on any atom is -0.281 e. The summed E-state index contributed by atoms with van der Waals surface area (Å²) >= 11 is 5.25. The van der Waals surface area contributed by atoms with E-state index in [0.717, 1.165) is 11.3 Å². The lowest BCUT2D eigenvalue weighted by Crippen LogP contribution is -2.53. The summed E-state index contributed by atoms with van der Waals surface area (Å²) < 4.78 is 13.0. The normalized spacial score (nSPS) is 21.0. The maximum absolute atomic E-state index is 13.0. The monoisotopic (exact) mass is 318 g/mol. The van der Waals surface area contributed by atoms with Crippen molar-refractivity contribution in [2.24, 2.45) is 10.1 Å². The van der Waals surface area contributed by atoms with E-state index in [1.807, 2.05) is 13.8 Å². The topological polar surface area (TPSA) is 48.3 Å². The first-order valence-electron chi connectivity index (χ1n) is 7.02. The smallest absolute Gasteiger partial charge is 0.259 e. The largest absolute Gasteiger partial charge is 0.281 e. The van der Waals surface area contributed by atoms with Crippen molar-refractivity contribution in [2.45, 2.75) is 26.4 Å². The van der Waals surface area contributed by atoms with Gasteiger partial charge in [-0.15, -0.1) is 0 Å². The molecule has 0 spiro atoms. The number of amides is 1. The van der Waals surface area contributed by atoms with Gasteiger partial charge in [0.2, 0.25) is 5.11 Å². The molecule has 1 aromatic rings. The van der Waals surface area contributed by atoms with Gasteiger partial charge >= 0.3 is 0 Å². The van der Waals surface area contributed by atoms with Gasteiger partial charge in [-0.05, 0) is 43.8 Å². The molecule has 0 bridgehead atoms. The van der Waals surface area contributed by atoms with Crippen molar-refractivity contribution >= 4 is 34.7 Å². The van der Waals surface area contributed by atoms with E-state index < -0.39 is 6.04 Å². The summed E-state index contributed by atoms with van der Waals surface area (Å²) in [7, 11) is 0. The molecular formula is C15H15FN4OS. The molecule has 1 amide bonds. The molecule has 7 heteroatoms. The maximum atomic E-state index is 13.0. The third kappa shape index (κ3) is 2.41. The molecule has 0 radical (unpaired) electrons. The van der Waals surface area contributed by atoms with E-state index in [1.165, 1.54) is 17.0 Å². The lowest BCUT2D eigenvalue weighted by Gasteiger charge is -2.32. The number of hydrogen-bond acceptors (Lipinski definition) is 4. The molecule has 0 fully saturated rings. The van der Waals surface area contributed by atoms with E-state index in [2.05, 4.69) is 10.1 Å². The molecule has 0 N–H and O–H groups in total. The van der Waals surface area contributed by atoms with Crippen molar-refractivity contribution in [3.63, 3.8) is 0 Å². The van der Waals surface area contributed by atoms with Crippen LogP contribution in [0, 0.1) is 5.82 Å². The van der Waals surface area contributed by atoms with Crippen LogP contribution in [0.25, 0.3) is 0 Å². The van der Waals surface area contributed by atoms with E-state index in [9.17, 15) is 9.18 Å². The van der Waals surface area contributed by atoms with E-state index in [1.54, 1.807) is 17.1 Å². The second kappa shape index (κ2) is 5.57. The molecule has 1 atom stereocenters. The van der Waals surface area contributed by atoms with Crippen LogP contribution in [0.1, 0.15) is 19.4 Å². The minimum absolute atomic E-state index is 0.137. The fraction of sp³-hybridized carbons (Fsp3) is 0.333. The van der Waals surface area contributed by atoms with Crippen LogP contribution < -0.4 is 0 Å². The Hall–Kier alpha value is -2.15. The van der Waals surface area contributed by atoms with Crippen molar-refractivity contribution in [3.05, 3.63) is 35.6 Å². The summed E-state index contributed by atoms with van der Waals surface area (Å²) in [5.74, 6) is -0.449. The number of nitrogens with zero attached hydrogens (tertiary/aromatic N) is 4. The van der Waals surface area contributed by atoms with Gasteiger partial charge in [-0.2, -0.15) is 5.10 Å². The zero-order chi connectivity index (χ0) is 15.9. The highest BCUT2D eigenvalue weighted by molar-refractivity contribution is 7.80. The summed E-state index contributed by atoms with van der Waals surface area (Å²) in [6.07, 6.45) is 0. The summed E-state index contributed by atoms with van der Waals surface area (Å²) in [5.41, 5.74) is 2.16. The molecule has 3 rings (SSSR count). The predicted molar refractivity (Wildman–Crippen MR) is 86.3 cm³/mol. The van der Waals surface area contributed by atoms with Crippen LogP contribution >= 0.6 is 12.2 Å². The van der Waals surface area contributed by atoms with Crippen LogP contribution in [0.5, 0.6) is 0 Å². The van der Waals surface area contributed by atoms with Crippen LogP contribution in [-0.2, 0) is 11.3 Å². The van der Waals surface area contributed by atoms with Crippen LogP contribution in [0.15, 0.2) is 34.4 Å². The standard InChI is InChI=1S/C15H15FN4OS/c1-3-20-13-12(9(2)18-20)17-15(22)19(14(13)21)8-10-4-6-11(16)7-5-10/h4-7,13H,3,8H2,1-2H3. The van der Waals surface area contributed by atoms with Gasteiger partial charge < -0.3 is 0 Å². The Morgan fingerprint density at radius 2 is 2.00 bits per heavy atom. The van der Waals surface area contributed by atoms with Crippen molar-refractivity contribution in [2.75, 3.05) is 6.54 Å². The Labute approximate surface area is 133 Å². The van der Waals surface area contributed by atoms with Gasteiger partial charge in [0.05, 0.1) is 12.3 Å². The fourth-order valence-electron chi connectivity index (χ4n) is 2.60. The molecular weight excluding hydrogens is 303 g/mol. The lowest BCUT2D eigenvalue weighted by atomic mass is 10.1.